The van der Waals surface area contributed by atoms with Crippen LogP contribution in [0, 0.1) is 12.8 Å². The molecule has 1 N–H and O–H groups in total. The minimum absolute atomic E-state index is 0.127. The monoisotopic (exact) mass is 245 g/mol. The first kappa shape index (κ1) is 11.7. The molecule has 0 aliphatic carbocycles. The average Bonchev–Trinajstić information content (AvgIpc) is 2.81. The summed E-state index contributed by atoms with van der Waals surface area (Å²) < 4.78 is 0. The summed E-state index contributed by atoms with van der Waals surface area (Å²) in [6.45, 7) is 4.80. The number of rotatable bonds is 1. The van der Waals surface area contributed by atoms with Gasteiger partial charge in [0.05, 0.1) is 5.56 Å². The average molecular weight is 245 g/mol. The molecule has 0 radical (unpaired) electrons. The van der Waals surface area contributed by atoms with Crippen molar-refractivity contribution in [1.82, 2.24) is 15.2 Å². The number of nitrogens with one attached hydrogen (secondary N) is 1. The number of piperidine rings is 1. The van der Waals surface area contributed by atoms with Crippen molar-refractivity contribution < 1.29 is 4.79 Å². The molecule has 2 fully saturated rings. The van der Waals surface area contributed by atoms with Crippen molar-refractivity contribution >= 4 is 5.91 Å². The molecule has 2 atom stereocenters. The maximum atomic E-state index is 12.4. The van der Waals surface area contributed by atoms with Gasteiger partial charge in [-0.25, -0.2) is 0 Å². The predicted molar refractivity (Wildman–Crippen MR) is 69.4 cm³/mol. The van der Waals surface area contributed by atoms with Crippen LogP contribution in [0.3, 0.4) is 0 Å². The standard InChI is InChI=1S/C14H19N3O/c1-10-5-12(7-15-6-10)14(18)17-8-11-3-2-4-16-13(11)9-17/h5-7,11,13,16H,2-4,8-9H2,1H3. The highest BCUT2D eigenvalue weighted by Gasteiger charge is 2.36. The third kappa shape index (κ3) is 2.12. The molecule has 18 heavy (non-hydrogen) atoms. The summed E-state index contributed by atoms with van der Waals surface area (Å²) in [4.78, 5) is 18.5. The van der Waals surface area contributed by atoms with Crippen molar-refractivity contribution in [1.29, 1.82) is 0 Å². The number of hydrogen-bond acceptors (Lipinski definition) is 3. The van der Waals surface area contributed by atoms with Gasteiger partial charge >= 0.3 is 0 Å². The molecule has 96 valence electrons. The van der Waals surface area contributed by atoms with E-state index < -0.39 is 0 Å². The van der Waals surface area contributed by atoms with Crippen LogP contribution in [0.4, 0.5) is 0 Å². The molecule has 1 aromatic heterocycles. The molecule has 0 bridgehead atoms. The first-order valence-corrected chi connectivity index (χ1v) is 6.68. The molecule has 0 saturated carbocycles. The van der Waals surface area contributed by atoms with E-state index in [4.69, 9.17) is 0 Å². The van der Waals surface area contributed by atoms with Crippen LogP contribution in [0.5, 0.6) is 0 Å². The van der Waals surface area contributed by atoms with Crippen LogP contribution in [0.15, 0.2) is 18.5 Å². The highest BCUT2D eigenvalue weighted by atomic mass is 16.2. The first-order valence-electron chi connectivity index (χ1n) is 6.68. The van der Waals surface area contributed by atoms with Crippen molar-refractivity contribution in [3.05, 3.63) is 29.6 Å². The molecule has 2 unspecified atom stereocenters. The van der Waals surface area contributed by atoms with E-state index in [2.05, 4.69) is 10.3 Å². The number of likely N-dealkylation sites (tertiary alicyclic amines) is 1. The number of carbonyl (C=O) groups excluding carboxylic acids is 1. The van der Waals surface area contributed by atoms with Gasteiger partial charge in [0.25, 0.3) is 5.91 Å². The number of pyridine rings is 1. The number of aryl methyl sites for hydroxylation is 1. The van der Waals surface area contributed by atoms with Gasteiger partial charge in [-0.2, -0.15) is 0 Å². The van der Waals surface area contributed by atoms with Gasteiger partial charge < -0.3 is 10.2 Å². The van der Waals surface area contributed by atoms with Gasteiger partial charge in [0.15, 0.2) is 0 Å². The highest BCUT2D eigenvalue weighted by Crippen LogP contribution is 2.25. The van der Waals surface area contributed by atoms with E-state index in [9.17, 15) is 4.79 Å². The second-order valence-corrected chi connectivity index (χ2v) is 5.42. The summed E-state index contributed by atoms with van der Waals surface area (Å²) in [6, 6.07) is 2.42. The van der Waals surface area contributed by atoms with Crippen LogP contribution in [0.2, 0.25) is 0 Å². The van der Waals surface area contributed by atoms with Gasteiger partial charge in [0.2, 0.25) is 0 Å². The van der Waals surface area contributed by atoms with Gasteiger partial charge in [-0.3, -0.25) is 9.78 Å². The van der Waals surface area contributed by atoms with Crippen LogP contribution < -0.4 is 5.32 Å². The largest absolute Gasteiger partial charge is 0.337 e. The number of aromatic nitrogens is 1. The molecule has 2 aliphatic heterocycles. The maximum Gasteiger partial charge on any atom is 0.255 e. The van der Waals surface area contributed by atoms with Crippen LogP contribution in [0.1, 0.15) is 28.8 Å². The summed E-state index contributed by atoms with van der Waals surface area (Å²) in [6.07, 6.45) is 5.93. The summed E-state index contributed by atoms with van der Waals surface area (Å²) >= 11 is 0. The Morgan fingerprint density at radius 3 is 3.11 bits per heavy atom. The quantitative estimate of drug-likeness (QED) is 0.809. The lowest BCUT2D eigenvalue weighted by atomic mass is 9.94. The van der Waals surface area contributed by atoms with Crippen LogP contribution >= 0.6 is 0 Å². The fourth-order valence-corrected chi connectivity index (χ4v) is 3.07. The normalized spacial score (nSPS) is 27.1. The number of fused-ring (bicyclic) bond motifs is 1. The molecule has 4 nitrogen and oxygen atoms in total. The maximum absolute atomic E-state index is 12.4. The molecule has 3 heterocycles. The number of nitrogens with zero attached hydrogens (tertiary/aromatic N) is 2. The summed E-state index contributed by atoms with van der Waals surface area (Å²) in [5.74, 6) is 0.767. The number of amides is 1. The zero-order valence-corrected chi connectivity index (χ0v) is 10.7. The predicted octanol–water partition coefficient (Wildman–Crippen LogP) is 1.21. The van der Waals surface area contributed by atoms with E-state index in [1.54, 1.807) is 12.4 Å². The second kappa shape index (κ2) is 4.69. The Morgan fingerprint density at radius 1 is 1.44 bits per heavy atom. The van der Waals surface area contributed by atoms with Crippen LogP contribution in [-0.2, 0) is 0 Å². The van der Waals surface area contributed by atoms with Gasteiger partial charge in [-0.05, 0) is 43.9 Å². The molecule has 3 rings (SSSR count). The third-order valence-corrected chi connectivity index (χ3v) is 4.01. The molecule has 0 spiro atoms. The lowest BCUT2D eigenvalue weighted by molar-refractivity contribution is 0.0785. The number of hydrogen-bond donors (Lipinski definition) is 1. The second-order valence-electron chi connectivity index (χ2n) is 5.42. The van der Waals surface area contributed by atoms with Crippen molar-refractivity contribution in [3.63, 3.8) is 0 Å². The fourth-order valence-electron chi connectivity index (χ4n) is 3.07. The zero-order valence-electron chi connectivity index (χ0n) is 10.7. The van der Waals surface area contributed by atoms with Crippen molar-refractivity contribution in [2.75, 3.05) is 19.6 Å². The molecule has 2 saturated heterocycles. The lowest BCUT2D eigenvalue weighted by Gasteiger charge is -2.24. The van der Waals surface area contributed by atoms with Crippen molar-refractivity contribution in [2.45, 2.75) is 25.8 Å². The van der Waals surface area contributed by atoms with E-state index in [1.807, 2.05) is 17.9 Å². The van der Waals surface area contributed by atoms with E-state index in [1.165, 1.54) is 12.8 Å². The van der Waals surface area contributed by atoms with E-state index >= 15 is 0 Å². The van der Waals surface area contributed by atoms with Crippen molar-refractivity contribution in [3.8, 4) is 0 Å². The Bertz CT molecular complexity index is 446. The van der Waals surface area contributed by atoms with Gasteiger partial charge in [0, 0.05) is 31.5 Å². The number of carbonyl (C=O) groups is 1. The van der Waals surface area contributed by atoms with E-state index in [0.717, 1.165) is 25.2 Å². The summed E-state index contributed by atoms with van der Waals surface area (Å²) in [7, 11) is 0. The third-order valence-electron chi connectivity index (χ3n) is 4.01. The lowest BCUT2D eigenvalue weighted by Crippen LogP contribution is -2.41. The summed E-state index contributed by atoms with van der Waals surface area (Å²) in [5, 5.41) is 3.52. The molecule has 2 aliphatic rings. The van der Waals surface area contributed by atoms with E-state index in [-0.39, 0.29) is 5.91 Å². The minimum Gasteiger partial charge on any atom is -0.337 e. The van der Waals surface area contributed by atoms with Gasteiger partial charge in [-0.1, -0.05) is 0 Å². The molecule has 0 aromatic carbocycles. The van der Waals surface area contributed by atoms with Gasteiger partial charge in [0.1, 0.15) is 0 Å². The Hall–Kier alpha value is -1.42. The molecular formula is C14H19N3O. The molecule has 4 heteroatoms. The SMILES string of the molecule is Cc1cncc(C(=O)N2CC3CCCNC3C2)c1. The smallest absolute Gasteiger partial charge is 0.255 e. The molecule has 1 amide bonds. The Labute approximate surface area is 107 Å². The van der Waals surface area contributed by atoms with Crippen LogP contribution in [-0.4, -0.2) is 41.5 Å². The Kier molecular flexibility index (Phi) is 3.04. The summed E-state index contributed by atoms with van der Waals surface area (Å²) in [5.41, 5.74) is 1.75. The Balaban J connectivity index is 1.74. The molecular weight excluding hydrogens is 226 g/mol. The van der Waals surface area contributed by atoms with Crippen molar-refractivity contribution in [2.24, 2.45) is 5.92 Å². The highest BCUT2D eigenvalue weighted by molar-refractivity contribution is 5.94. The minimum atomic E-state index is 0.127. The van der Waals surface area contributed by atoms with E-state index in [0.29, 0.717) is 17.5 Å². The topological polar surface area (TPSA) is 45.2 Å². The first-order chi connectivity index (χ1) is 8.74. The van der Waals surface area contributed by atoms with Gasteiger partial charge in [-0.15, -0.1) is 0 Å². The van der Waals surface area contributed by atoms with Crippen LogP contribution in [0.25, 0.3) is 0 Å². The fraction of sp³-hybridized carbons (Fsp3) is 0.571. The Morgan fingerprint density at radius 2 is 2.33 bits per heavy atom. The molecule has 1 aromatic rings. The zero-order chi connectivity index (χ0) is 12.5.